The summed E-state index contributed by atoms with van der Waals surface area (Å²) in [5.74, 6) is 0.535. The molecule has 2 fully saturated rings. The fourth-order valence-electron chi connectivity index (χ4n) is 3.06. The zero-order valence-electron chi connectivity index (χ0n) is 11.9. The van der Waals surface area contributed by atoms with Crippen LogP contribution in [0.1, 0.15) is 31.7 Å². The Morgan fingerprint density at radius 2 is 2.15 bits per heavy atom. The molecule has 3 rings (SSSR count). The highest BCUT2D eigenvalue weighted by Crippen LogP contribution is 2.34. The lowest BCUT2D eigenvalue weighted by Crippen LogP contribution is -2.40. The number of benzene rings is 1. The highest BCUT2D eigenvalue weighted by Gasteiger charge is 2.34. The molecule has 2 nitrogen and oxygen atoms in total. The lowest BCUT2D eigenvalue weighted by molar-refractivity contribution is 0.190. The summed E-state index contributed by atoms with van der Waals surface area (Å²) in [5.41, 5.74) is 1.01. The molecule has 4 heteroatoms. The molecule has 1 aromatic carbocycles. The summed E-state index contributed by atoms with van der Waals surface area (Å²) in [7, 11) is 0. The molecule has 20 heavy (non-hydrogen) atoms. The highest BCUT2D eigenvalue weighted by atomic mass is 35.5. The van der Waals surface area contributed by atoms with Gasteiger partial charge in [-0.15, -0.1) is 0 Å². The average molecular weight is 297 g/mol. The Morgan fingerprint density at radius 3 is 2.85 bits per heavy atom. The Bertz CT molecular complexity index is 476. The Hall–Kier alpha value is -0.640. The fourth-order valence-corrected chi connectivity index (χ4v) is 3.18. The second-order valence-corrected chi connectivity index (χ2v) is 6.62. The molecule has 1 saturated heterocycles. The van der Waals surface area contributed by atoms with Crippen LogP contribution in [0.5, 0.6) is 0 Å². The second-order valence-electron chi connectivity index (χ2n) is 6.21. The van der Waals surface area contributed by atoms with Gasteiger partial charge in [0.1, 0.15) is 5.82 Å². The predicted molar refractivity (Wildman–Crippen MR) is 80.4 cm³/mol. The van der Waals surface area contributed by atoms with Crippen molar-refractivity contribution in [3.05, 3.63) is 34.6 Å². The van der Waals surface area contributed by atoms with Crippen molar-refractivity contribution in [1.82, 2.24) is 10.2 Å². The number of halogens is 2. The van der Waals surface area contributed by atoms with Crippen molar-refractivity contribution in [3.63, 3.8) is 0 Å². The van der Waals surface area contributed by atoms with E-state index in [1.165, 1.54) is 12.8 Å². The van der Waals surface area contributed by atoms with Gasteiger partial charge in [0.05, 0.1) is 5.02 Å². The number of hydrogen-bond donors (Lipinski definition) is 1. The van der Waals surface area contributed by atoms with Crippen molar-refractivity contribution in [2.45, 2.75) is 44.8 Å². The van der Waals surface area contributed by atoms with Gasteiger partial charge < -0.3 is 5.32 Å². The number of nitrogens with one attached hydrogen (secondary N) is 1. The van der Waals surface area contributed by atoms with Crippen LogP contribution in [0.2, 0.25) is 5.02 Å². The first kappa shape index (κ1) is 14.3. The predicted octanol–water partition coefficient (Wildman–Crippen LogP) is 3.44. The van der Waals surface area contributed by atoms with Crippen molar-refractivity contribution in [2.75, 3.05) is 13.1 Å². The van der Waals surface area contributed by atoms with Gasteiger partial charge in [-0.25, -0.2) is 4.39 Å². The van der Waals surface area contributed by atoms with Crippen molar-refractivity contribution < 1.29 is 4.39 Å². The van der Waals surface area contributed by atoms with Crippen molar-refractivity contribution in [1.29, 1.82) is 0 Å². The molecule has 1 N–H and O–H groups in total. The van der Waals surface area contributed by atoms with Crippen LogP contribution in [-0.2, 0) is 6.54 Å². The van der Waals surface area contributed by atoms with E-state index < -0.39 is 0 Å². The van der Waals surface area contributed by atoms with Gasteiger partial charge in [-0.3, -0.25) is 4.90 Å². The Morgan fingerprint density at radius 1 is 1.35 bits per heavy atom. The van der Waals surface area contributed by atoms with Gasteiger partial charge in [0, 0.05) is 25.2 Å². The molecule has 2 unspecified atom stereocenters. The summed E-state index contributed by atoms with van der Waals surface area (Å²) in [6, 6.07) is 6.30. The van der Waals surface area contributed by atoms with E-state index in [0.29, 0.717) is 12.1 Å². The Kier molecular flexibility index (Phi) is 4.29. The van der Waals surface area contributed by atoms with Crippen LogP contribution in [0.15, 0.2) is 18.2 Å². The summed E-state index contributed by atoms with van der Waals surface area (Å²) in [5, 5.41) is 3.88. The van der Waals surface area contributed by atoms with Crippen LogP contribution in [0.4, 0.5) is 4.39 Å². The van der Waals surface area contributed by atoms with E-state index >= 15 is 0 Å². The average Bonchev–Trinajstić information content (AvgIpc) is 3.24. The molecule has 0 radical (unpaired) electrons. The van der Waals surface area contributed by atoms with E-state index in [4.69, 9.17) is 11.6 Å². The molecule has 0 spiro atoms. The zero-order chi connectivity index (χ0) is 14.1. The molecule has 1 aromatic rings. The molecule has 2 aliphatic rings. The highest BCUT2D eigenvalue weighted by molar-refractivity contribution is 6.30. The summed E-state index contributed by atoms with van der Waals surface area (Å²) in [6.07, 6.45) is 3.87. The van der Waals surface area contributed by atoms with Gasteiger partial charge in [0.2, 0.25) is 0 Å². The molecular weight excluding hydrogens is 275 g/mol. The maximum Gasteiger partial charge on any atom is 0.142 e. The van der Waals surface area contributed by atoms with Crippen molar-refractivity contribution in [2.24, 2.45) is 5.92 Å². The minimum absolute atomic E-state index is 0.204. The maximum atomic E-state index is 13.6. The lowest BCUT2D eigenvalue weighted by Gasteiger charge is -2.29. The zero-order valence-corrected chi connectivity index (χ0v) is 12.7. The van der Waals surface area contributed by atoms with Crippen LogP contribution in [0.25, 0.3) is 0 Å². The van der Waals surface area contributed by atoms with E-state index in [1.54, 1.807) is 12.1 Å². The molecule has 0 bridgehead atoms. The molecule has 1 heterocycles. The third kappa shape index (κ3) is 3.33. The molecule has 0 aromatic heterocycles. The maximum absolute atomic E-state index is 13.6. The van der Waals surface area contributed by atoms with Crippen molar-refractivity contribution in [3.8, 4) is 0 Å². The van der Waals surface area contributed by atoms with Gasteiger partial charge in [-0.2, -0.15) is 0 Å². The molecular formula is C16H22ClFN2. The van der Waals surface area contributed by atoms with Gasteiger partial charge in [-0.1, -0.05) is 17.7 Å². The van der Waals surface area contributed by atoms with Crippen LogP contribution < -0.4 is 5.32 Å². The summed E-state index contributed by atoms with van der Waals surface area (Å²) in [6.45, 7) is 5.23. The van der Waals surface area contributed by atoms with E-state index in [9.17, 15) is 4.39 Å². The first-order chi connectivity index (χ1) is 9.63. The minimum atomic E-state index is -0.316. The summed E-state index contributed by atoms with van der Waals surface area (Å²) in [4.78, 5) is 2.48. The topological polar surface area (TPSA) is 15.3 Å². The SMILES string of the molecule is CC1CCNC(C2CC2)CN1Cc1ccc(Cl)c(F)c1. The smallest absolute Gasteiger partial charge is 0.142 e. The largest absolute Gasteiger partial charge is 0.312 e. The fraction of sp³-hybridized carbons (Fsp3) is 0.625. The number of hydrogen-bond acceptors (Lipinski definition) is 2. The van der Waals surface area contributed by atoms with Gasteiger partial charge in [-0.05, 0) is 56.3 Å². The molecule has 0 amide bonds. The van der Waals surface area contributed by atoms with E-state index in [1.807, 2.05) is 6.07 Å². The normalized spacial score (nSPS) is 28.4. The van der Waals surface area contributed by atoms with Gasteiger partial charge in [0.15, 0.2) is 0 Å². The van der Waals surface area contributed by atoms with Gasteiger partial charge in [0.25, 0.3) is 0 Å². The van der Waals surface area contributed by atoms with Crippen LogP contribution in [0, 0.1) is 11.7 Å². The van der Waals surface area contributed by atoms with E-state index in [-0.39, 0.29) is 10.8 Å². The van der Waals surface area contributed by atoms with Crippen LogP contribution >= 0.6 is 11.6 Å². The van der Waals surface area contributed by atoms with E-state index in [2.05, 4.69) is 17.1 Å². The Labute approximate surface area is 125 Å². The van der Waals surface area contributed by atoms with Gasteiger partial charge >= 0.3 is 0 Å². The monoisotopic (exact) mass is 296 g/mol. The van der Waals surface area contributed by atoms with Crippen molar-refractivity contribution >= 4 is 11.6 Å². The Balaban J connectivity index is 1.70. The lowest BCUT2D eigenvalue weighted by atomic mass is 10.1. The standard InChI is InChI=1S/C16H22ClFN2/c1-11-6-7-19-16(13-3-4-13)10-20(11)9-12-2-5-14(17)15(18)8-12/h2,5,8,11,13,16,19H,3-4,6-7,9-10H2,1H3. The van der Waals surface area contributed by atoms with Crippen LogP contribution in [0.3, 0.4) is 0 Å². The summed E-state index contributed by atoms with van der Waals surface area (Å²) >= 11 is 5.75. The van der Waals surface area contributed by atoms with E-state index in [0.717, 1.165) is 37.5 Å². The summed E-state index contributed by atoms with van der Waals surface area (Å²) < 4.78 is 13.6. The first-order valence-corrected chi connectivity index (χ1v) is 7.92. The molecule has 2 atom stereocenters. The minimum Gasteiger partial charge on any atom is -0.312 e. The number of nitrogens with zero attached hydrogens (tertiary/aromatic N) is 1. The van der Waals surface area contributed by atoms with Crippen LogP contribution in [-0.4, -0.2) is 30.1 Å². The second kappa shape index (κ2) is 6.00. The first-order valence-electron chi connectivity index (χ1n) is 7.55. The third-order valence-corrected chi connectivity index (χ3v) is 4.89. The molecule has 1 saturated carbocycles. The molecule has 1 aliphatic heterocycles. The molecule has 110 valence electrons. The number of rotatable bonds is 3. The third-order valence-electron chi connectivity index (χ3n) is 4.58. The molecule has 1 aliphatic carbocycles. The quantitative estimate of drug-likeness (QED) is 0.919.